The highest BCUT2D eigenvalue weighted by Crippen LogP contribution is 2.13. The summed E-state index contributed by atoms with van der Waals surface area (Å²) in [6, 6.07) is 0. The normalized spacial score (nSPS) is 12.8. The smallest absolute Gasteiger partial charge is 0.147 e. The summed E-state index contributed by atoms with van der Waals surface area (Å²) in [6.45, 7) is 9.39. The molecule has 5 nitrogen and oxygen atoms in total. The van der Waals surface area contributed by atoms with Gasteiger partial charge in [0.05, 0.1) is 41.0 Å². The lowest BCUT2D eigenvalue weighted by Gasteiger charge is -2.23. The second-order valence-electron chi connectivity index (χ2n) is 13.8. The van der Waals surface area contributed by atoms with Crippen LogP contribution in [0.15, 0.2) is 0 Å². The Labute approximate surface area is 264 Å². The largest absolute Gasteiger partial charge is 0.379 e. The van der Waals surface area contributed by atoms with Gasteiger partial charge in [-0.1, -0.05) is 155 Å². The van der Waals surface area contributed by atoms with Gasteiger partial charge in [-0.2, -0.15) is 0 Å². The number of hydrogen-bond acceptors (Lipinski definition) is 4. The number of rotatable bonds is 36. The molecule has 0 saturated carbocycles. The highest BCUT2D eigenvalue weighted by molar-refractivity contribution is 4.57. The molecule has 42 heavy (non-hydrogen) atoms. The van der Waals surface area contributed by atoms with Crippen LogP contribution in [-0.2, 0) is 18.9 Å². The molecular formula is C37H78NO4+. The summed E-state index contributed by atoms with van der Waals surface area (Å²) < 4.78 is 24.6. The minimum Gasteiger partial charge on any atom is -0.379 e. The van der Waals surface area contributed by atoms with Crippen molar-refractivity contribution >= 4 is 0 Å². The SMILES string of the molecule is CCCCCCCCCCCCCCOC[C@H](COCOCC[N+](C)(C)C)OCCCCCCCCCCCCCC. The predicted octanol–water partition coefficient (Wildman–Crippen LogP) is 10.5. The summed E-state index contributed by atoms with van der Waals surface area (Å²) >= 11 is 0. The van der Waals surface area contributed by atoms with Gasteiger partial charge in [0.1, 0.15) is 19.4 Å². The van der Waals surface area contributed by atoms with Crippen LogP contribution in [0.5, 0.6) is 0 Å². The van der Waals surface area contributed by atoms with E-state index in [0.29, 0.717) is 26.6 Å². The number of likely N-dealkylation sites (N-methyl/N-ethyl adjacent to an activating group) is 1. The molecule has 0 heterocycles. The predicted molar refractivity (Wildman–Crippen MR) is 182 cm³/mol. The zero-order chi connectivity index (χ0) is 30.8. The maximum Gasteiger partial charge on any atom is 0.147 e. The van der Waals surface area contributed by atoms with Crippen molar-refractivity contribution in [2.45, 2.75) is 174 Å². The van der Waals surface area contributed by atoms with Gasteiger partial charge in [0.2, 0.25) is 0 Å². The molecule has 0 saturated heterocycles. The fourth-order valence-electron chi connectivity index (χ4n) is 5.23. The lowest BCUT2D eigenvalue weighted by atomic mass is 10.1. The van der Waals surface area contributed by atoms with Crippen LogP contribution in [0.3, 0.4) is 0 Å². The molecule has 0 aliphatic rings. The zero-order valence-electron chi connectivity index (χ0n) is 29.6. The van der Waals surface area contributed by atoms with Crippen molar-refractivity contribution in [1.29, 1.82) is 0 Å². The Morgan fingerprint density at radius 1 is 0.405 bits per heavy atom. The van der Waals surface area contributed by atoms with Gasteiger partial charge in [0.15, 0.2) is 0 Å². The lowest BCUT2D eigenvalue weighted by molar-refractivity contribution is -0.870. The van der Waals surface area contributed by atoms with E-state index in [-0.39, 0.29) is 6.10 Å². The van der Waals surface area contributed by atoms with Gasteiger partial charge in [-0.15, -0.1) is 0 Å². The maximum absolute atomic E-state index is 6.20. The molecule has 0 spiro atoms. The van der Waals surface area contributed by atoms with Gasteiger partial charge >= 0.3 is 0 Å². The molecular weight excluding hydrogens is 522 g/mol. The van der Waals surface area contributed by atoms with Gasteiger partial charge in [-0.25, -0.2) is 0 Å². The summed E-state index contributed by atoms with van der Waals surface area (Å²) in [5.41, 5.74) is 0. The molecule has 0 fully saturated rings. The van der Waals surface area contributed by atoms with E-state index in [2.05, 4.69) is 35.0 Å². The van der Waals surface area contributed by atoms with Gasteiger partial charge in [-0.3, -0.25) is 0 Å². The topological polar surface area (TPSA) is 36.9 Å². The number of hydrogen-bond donors (Lipinski definition) is 0. The molecule has 0 aromatic rings. The highest BCUT2D eigenvalue weighted by Gasteiger charge is 2.11. The van der Waals surface area contributed by atoms with Crippen LogP contribution in [0.25, 0.3) is 0 Å². The van der Waals surface area contributed by atoms with E-state index >= 15 is 0 Å². The fourth-order valence-corrected chi connectivity index (χ4v) is 5.23. The van der Waals surface area contributed by atoms with Gasteiger partial charge in [0, 0.05) is 13.2 Å². The van der Waals surface area contributed by atoms with E-state index in [4.69, 9.17) is 18.9 Å². The number of nitrogens with zero attached hydrogens (tertiary/aromatic N) is 1. The van der Waals surface area contributed by atoms with Crippen molar-refractivity contribution in [1.82, 2.24) is 0 Å². The Morgan fingerprint density at radius 3 is 1.21 bits per heavy atom. The summed E-state index contributed by atoms with van der Waals surface area (Å²) in [5.74, 6) is 0. The Morgan fingerprint density at radius 2 is 0.786 bits per heavy atom. The minimum atomic E-state index is -0.00275. The summed E-state index contributed by atoms with van der Waals surface area (Å²) in [4.78, 5) is 0. The van der Waals surface area contributed by atoms with E-state index in [0.717, 1.165) is 37.1 Å². The monoisotopic (exact) mass is 601 g/mol. The summed E-state index contributed by atoms with van der Waals surface area (Å²) in [5, 5.41) is 0. The molecule has 1 atom stereocenters. The minimum absolute atomic E-state index is 0.00275. The quantitative estimate of drug-likeness (QED) is 0.0407. The van der Waals surface area contributed by atoms with Crippen LogP contribution in [0, 0.1) is 0 Å². The molecule has 0 amide bonds. The third kappa shape index (κ3) is 36.0. The molecule has 0 aromatic heterocycles. The Balaban J connectivity index is 3.87. The molecule has 0 unspecified atom stereocenters. The van der Waals surface area contributed by atoms with Gasteiger partial charge < -0.3 is 23.4 Å². The number of ether oxygens (including phenoxy) is 4. The van der Waals surface area contributed by atoms with Crippen molar-refractivity contribution in [2.75, 3.05) is 67.5 Å². The third-order valence-electron chi connectivity index (χ3n) is 8.17. The average molecular weight is 601 g/mol. The summed E-state index contributed by atoms with van der Waals surface area (Å²) in [7, 11) is 6.53. The molecule has 5 heteroatoms. The second kappa shape index (κ2) is 33.7. The lowest BCUT2D eigenvalue weighted by Crippen LogP contribution is -2.37. The molecule has 0 rings (SSSR count). The molecule has 0 bridgehead atoms. The number of unbranched alkanes of at least 4 members (excludes halogenated alkanes) is 22. The Kier molecular flexibility index (Phi) is 33.5. The molecule has 0 aliphatic heterocycles. The molecule has 254 valence electrons. The standard InChI is InChI=1S/C37H78NO4/c1-6-8-10-12-14-16-18-20-22-24-26-28-31-39-34-37(35-41-36-40-33-30-38(3,4)5)42-32-29-27-25-23-21-19-17-15-13-11-9-7-2/h37H,6-36H2,1-5H3/q+1/t37-/m1/s1. The van der Waals surface area contributed by atoms with Crippen molar-refractivity contribution in [3.8, 4) is 0 Å². The summed E-state index contributed by atoms with van der Waals surface area (Å²) in [6.07, 6.45) is 32.8. The van der Waals surface area contributed by atoms with Crippen molar-refractivity contribution in [2.24, 2.45) is 0 Å². The first kappa shape index (κ1) is 41.8. The Bertz CT molecular complexity index is 497. The molecule has 0 N–H and O–H groups in total. The van der Waals surface area contributed by atoms with Crippen molar-refractivity contribution in [3.63, 3.8) is 0 Å². The van der Waals surface area contributed by atoms with Crippen molar-refractivity contribution < 1.29 is 23.4 Å². The Hall–Kier alpha value is -0.200. The van der Waals surface area contributed by atoms with Crippen molar-refractivity contribution in [3.05, 3.63) is 0 Å². The van der Waals surface area contributed by atoms with Gasteiger partial charge in [-0.05, 0) is 12.8 Å². The molecule has 0 radical (unpaired) electrons. The van der Waals surface area contributed by atoms with E-state index in [1.54, 1.807) is 0 Å². The van der Waals surface area contributed by atoms with E-state index < -0.39 is 0 Å². The second-order valence-corrected chi connectivity index (χ2v) is 13.8. The average Bonchev–Trinajstić information content (AvgIpc) is 2.96. The maximum atomic E-state index is 6.20. The first-order chi connectivity index (χ1) is 20.5. The zero-order valence-corrected chi connectivity index (χ0v) is 29.6. The number of quaternary nitrogens is 1. The van der Waals surface area contributed by atoms with Crippen LogP contribution < -0.4 is 0 Å². The van der Waals surface area contributed by atoms with E-state index in [1.165, 1.54) is 141 Å². The van der Waals surface area contributed by atoms with Crippen LogP contribution >= 0.6 is 0 Å². The highest BCUT2D eigenvalue weighted by atomic mass is 16.7. The van der Waals surface area contributed by atoms with Gasteiger partial charge in [0.25, 0.3) is 0 Å². The van der Waals surface area contributed by atoms with Crippen LogP contribution in [0.2, 0.25) is 0 Å². The molecule has 0 aliphatic carbocycles. The fraction of sp³-hybridized carbons (Fsp3) is 1.00. The van der Waals surface area contributed by atoms with Crippen LogP contribution in [0.4, 0.5) is 0 Å². The first-order valence-corrected chi connectivity index (χ1v) is 18.6. The third-order valence-corrected chi connectivity index (χ3v) is 8.17. The van der Waals surface area contributed by atoms with E-state index in [9.17, 15) is 0 Å². The van der Waals surface area contributed by atoms with Crippen LogP contribution in [0.1, 0.15) is 168 Å². The van der Waals surface area contributed by atoms with E-state index in [1.807, 2.05) is 0 Å². The first-order valence-electron chi connectivity index (χ1n) is 18.6. The van der Waals surface area contributed by atoms with Crippen LogP contribution in [-0.4, -0.2) is 78.1 Å². The molecule has 0 aromatic carbocycles.